The molecule has 2 rings (SSSR count). The minimum Gasteiger partial charge on any atom is -0.302 e. The molecular weight excluding hydrogens is 198 g/mol. The maximum absolute atomic E-state index is 5.92. The minimum atomic E-state index is 0.406. The minimum absolute atomic E-state index is 0.406. The van der Waals surface area contributed by atoms with E-state index in [1.165, 1.54) is 11.1 Å². The van der Waals surface area contributed by atoms with Crippen molar-refractivity contribution in [3.8, 4) is 0 Å². The first kappa shape index (κ1) is 9.97. The molecule has 2 nitrogen and oxygen atoms in total. The molecule has 0 radical (unpaired) electrons. The maximum Gasteiger partial charge on any atom is 0.0654 e. The van der Waals surface area contributed by atoms with Gasteiger partial charge in [0.1, 0.15) is 0 Å². The summed E-state index contributed by atoms with van der Waals surface area (Å²) in [6.45, 7) is 2.68. The second kappa shape index (κ2) is 4.30. The van der Waals surface area contributed by atoms with E-state index in [2.05, 4.69) is 11.5 Å². The van der Waals surface area contributed by atoms with Crippen LogP contribution in [0.25, 0.3) is 0 Å². The lowest BCUT2D eigenvalue weighted by Gasteiger charge is -2.09. The van der Waals surface area contributed by atoms with Crippen LogP contribution < -0.4 is 5.48 Å². The van der Waals surface area contributed by atoms with Crippen LogP contribution in [0, 0.1) is 0 Å². The van der Waals surface area contributed by atoms with Gasteiger partial charge in [-0.15, -0.1) is 0 Å². The third-order valence-corrected chi connectivity index (χ3v) is 2.73. The first-order valence-electron chi connectivity index (χ1n) is 4.94. The molecule has 1 aliphatic rings. The fourth-order valence-corrected chi connectivity index (χ4v) is 2.07. The van der Waals surface area contributed by atoms with Crippen LogP contribution in [-0.4, -0.2) is 12.6 Å². The van der Waals surface area contributed by atoms with E-state index in [1.54, 1.807) is 0 Å². The van der Waals surface area contributed by atoms with Gasteiger partial charge in [0.05, 0.1) is 6.61 Å². The summed E-state index contributed by atoms with van der Waals surface area (Å²) in [4.78, 5) is 5.20. The predicted octanol–water partition coefficient (Wildman–Crippen LogP) is 2.35. The highest BCUT2D eigenvalue weighted by Gasteiger charge is 2.21. The Hall–Kier alpha value is -0.570. The van der Waals surface area contributed by atoms with Crippen LogP contribution in [0.2, 0.25) is 5.02 Å². The van der Waals surface area contributed by atoms with E-state index in [-0.39, 0.29) is 0 Å². The molecule has 1 aromatic rings. The number of fused-ring (bicyclic) bond motifs is 1. The van der Waals surface area contributed by atoms with Gasteiger partial charge in [0.15, 0.2) is 0 Å². The fraction of sp³-hybridized carbons (Fsp3) is 0.455. The van der Waals surface area contributed by atoms with Crippen molar-refractivity contribution in [1.82, 2.24) is 5.48 Å². The molecule has 1 aromatic carbocycles. The van der Waals surface area contributed by atoms with Crippen LogP contribution in [0.5, 0.6) is 0 Å². The fourth-order valence-electron chi connectivity index (χ4n) is 1.87. The molecule has 0 aromatic heterocycles. The summed E-state index contributed by atoms with van der Waals surface area (Å²) in [5.41, 5.74) is 5.78. The number of hydroxylamine groups is 1. The molecule has 1 N–H and O–H groups in total. The van der Waals surface area contributed by atoms with E-state index in [0.29, 0.717) is 12.6 Å². The van der Waals surface area contributed by atoms with Crippen LogP contribution in [0.3, 0.4) is 0 Å². The number of halogens is 1. The highest BCUT2D eigenvalue weighted by molar-refractivity contribution is 6.30. The second-order valence-corrected chi connectivity index (χ2v) is 4.01. The van der Waals surface area contributed by atoms with Gasteiger partial charge in [0.2, 0.25) is 0 Å². The number of hydrogen-bond donors (Lipinski definition) is 1. The summed E-state index contributed by atoms with van der Waals surface area (Å²) < 4.78 is 0. The Kier molecular flexibility index (Phi) is 3.06. The Morgan fingerprint density at radius 2 is 2.21 bits per heavy atom. The first-order valence-corrected chi connectivity index (χ1v) is 5.32. The van der Waals surface area contributed by atoms with E-state index in [4.69, 9.17) is 16.4 Å². The third-order valence-electron chi connectivity index (χ3n) is 2.50. The Labute approximate surface area is 89.2 Å². The van der Waals surface area contributed by atoms with Gasteiger partial charge in [0.25, 0.3) is 0 Å². The Balaban J connectivity index is 2.03. The van der Waals surface area contributed by atoms with Crippen molar-refractivity contribution in [2.24, 2.45) is 0 Å². The summed E-state index contributed by atoms with van der Waals surface area (Å²) in [6.07, 6.45) is 2.04. The van der Waals surface area contributed by atoms with Gasteiger partial charge in [-0.1, -0.05) is 17.7 Å². The SMILES string of the molecule is CCONC1Cc2ccc(Cl)cc2C1. The average Bonchev–Trinajstić information content (AvgIpc) is 2.56. The van der Waals surface area contributed by atoms with E-state index in [9.17, 15) is 0 Å². The van der Waals surface area contributed by atoms with E-state index < -0.39 is 0 Å². The first-order chi connectivity index (χ1) is 6.79. The van der Waals surface area contributed by atoms with E-state index >= 15 is 0 Å². The van der Waals surface area contributed by atoms with Gasteiger partial charge < -0.3 is 4.84 Å². The van der Waals surface area contributed by atoms with Crippen molar-refractivity contribution >= 4 is 11.6 Å². The van der Waals surface area contributed by atoms with Gasteiger partial charge >= 0.3 is 0 Å². The Morgan fingerprint density at radius 3 is 3.00 bits per heavy atom. The zero-order chi connectivity index (χ0) is 9.97. The molecular formula is C11H14ClNO. The summed E-state index contributed by atoms with van der Waals surface area (Å²) >= 11 is 5.92. The van der Waals surface area contributed by atoms with Gasteiger partial charge in [-0.2, -0.15) is 5.48 Å². The van der Waals surface area contributed by atoms with Crippen LogP contribution in [0.4, 0.5) is 0 Å². The Morgan fingerprint density at radius 1 is 1.43 bits per heavy atom. The second-order valence-electron chi connectivity index (χ2n) is 3.57. The lowest BCUT2D eigenvalue weighted by atomic mass is 10.1. The lowest BCUT2D eigenvalue weighted by molar-refractivity contribution is 0.0270. The van der Waals surface area contributed by atoms with Crippen LogP contribution in [0.15, 0.2) is 18.2 Å². The molecule has 0 saturated heterocycles. The highest BCUT2D eigenvalue weighted by Crippen LogP contribution is 2.25. The molecule has 1 unspecified atom stereocenters. The normalized spacial score (nSPS) is 19.7. The summed E-state index contributed by atoms with van der Waals surface area (Å²) in [6, 6.07) is 6.50. The summed E-state index contributed by atoms with van der Waals surface area (Å²) in [5.74, 6) is 0. The average molecular weight is 212 g/mol. The molecule has 76 valence electrons. The molecule has 3 heteroatoms. The van der Waals surface area contributed by atoms with Crippen LogP contribution in [0.1, 0.15) is 18.1 Å². The van der Waals surface area contributed by atoms with Crippen molar-refractivity contribution in [3.63, 3.8) is 0 Å². The molecule has 0 heterocycles. The van der Waals surface area contributed by atoms with Gasteiger partial charge in [-0.3, -0.25) is 0 Å². The lowest BCUT2D eigenvalue weighted by Crippen LogP contribution is -2.29. The molecule has 1 atom stereocenters. The topological polar surface area (TPSA) is 21.3 Å². The van der Waals surface area contributed by atoms with Gasteiger partial charge in [-0.05, 0) is 43.0 Å². The molecule has 0 bridgehead atoms. The van der Waals surface area contributed by atoms with Gasteiger partial charge in [0, 0.05) is 11.1 Å². The zero-order valence-electron chi connectivity index (χ0n) is 8.22. The third kappa shape index (κ3) is 2.08. The Bertz CT molecular complexity index is 327. The largest absolute Gasteiger partial charge is 0.302 e. The van der Waals surface area contributed by atoms with Crippen molar-refractivity contribution in [3.05, 3.63) is 34.3 Å². The smallest absolute Gasteiger partial charge is 0.0654 e. The molecule has 0 fully saturated rings. The highest BCUT2D eigenvalue weighted by atomic mass is 35.5. The van der Waals surface area contributed by atoms with E-state index in [1.807, 2.05) is 19.1 Å². The number of nitrogens with one attached hydrogen (secondary N) is 1. The van der Waals surface area contributed by atoms with Crippen molar-refractivity contribution in [1.29, 1.82) is 0 Å². The number of benzene rings is 1. The van der Waals surface area contributed by atoms with Crippen molar-refractivity contribution < 1.29 is 4.84 Å². The number of hydrogen-bond acceptors (Lipinski definition) is 2. The molecule has 0 aliphatic heterocycles. The molecule has 0 amide bonds. The molecule has 1 aliphatic carbocycles. The molecule has 14 heavy (non-hydrogen) atoms. The monoisotopic (exact) mass is 211 g/mol. The van der Waals surface area contributed by atoms with Gasteiger partial charge in [-0.25, -0.2) is 0 Å². The van der Waals surface area contributed by atoms with Crippen LogP contribution in [-0.2, 0) is 17.7 Å². The summed E-state index contributed by atoms with van der Waals surface area (Å²) in [7, 11) is 0. The quantitative estimate of drug-likeness (QED) is 0.776. The van der Waals surface area contributed by atoms with E-state index in [0.717, 1.165) is 17.9 Å². The molecule has 0 spiro atoms. The number of rotatable bonds is 3. The van der Waals surface area contributed by atoms with Crippen molar-refractivity contribution in [2.75, 3.05) is 6.61 Å². The van der Waals surface area contributed by atoms with Crippen molar-refractivity contribution in [2.45, 2.75) is 25.8 Å². The summed E-state index contributed by atoms with van der Waals surface area (Å²) in [5, 5.41) is 0.820. The standard InChI is InChI=1S/C11H14ClNO/c1-2-14-13-11-6-8-3-4-10(12)5-9(8)7-11/h3-5,11,13H,2,6-7H2,1H3. The predicted molar refractivity (Wildman–Crippen MR) is 57.4 cm³/mol. The molecule has 0 saturated carbocycles. The van der Waals surface area contributed by atoms with Crippen LogP contribution >= 0.6 is 11.6 Å². The maximum atomic E-state index is 5.92. The zero-order valence-corrected chi connectivity index (χ0v) is 8.97.